The summed E-state index contributed by atoms with van der Waals surface area (Å²) in [5, 5.41) is 7.52. The Bertz CT molecular complexity index is 881. The second-order valence-corrected chi connectivity index (χ2v) is 5.97. The number of piperazine rings is 1. The summed E-state index contributed by atoms with van der Waals surface area (Å²) < 4.78 is 3.60. The highest BCUT2D eigenvalue weighted by Crippen LogP contribution is 2.23. The second-order valence-electron chi connectivity index (χ2n) is 5.97. The summed E-state index contributed by atoms with van der Waals surface area (Å²) in [7, 11) is 1.95. The summed E-state index contributed by atoms with van der Waals surface area (Å²) in [5.74, 6) is 1.48. The Labute approximate surface area is 169 Å². The number of nitrogens with zero attached hydrogens (tertiary/aromatic N) is 6. The Kier molecular flexibility index (Phi) is 6.95. The highest BCUT2D eigenvalue weighted by atomic mass is 35.5. The molecule has 1 saturated heterocycles. The van der Waals surface area contributed by atoms with E-state index < -0.39 is 0 Å². The van der Waals surface area contributed by atoms with Gasteiger partial charge < -0.3 is 14.8 Å². The molecule has 27 heavy (non-hydrogen) atoms. The Balaban J connectivity index is 0.00000131. The van der Waals surface area contributed by atoms with Crippen LogP contribution < -0.4 is 5.32 Å². The number of carbonyl (C=O) groups excluding carboxylic acids is 1. The number of hydrogen-bond donors (Lipinski definition) is 1. The number of aromatic nitrogens is 5. The number of halogens is 2. The highest BCUT2D eigenvalue weighted by molar-refractivity contribution is 5.94. The van der Waals surface area contributed by atoms with Gasteiger partial charge in [0.25, 0.3) is 5.91 Å². The average Bonchev–Trinajstić information content (AvgIpc) is 3.33. The van der Waals surface area contributed by atoms with E-state index in [1.54, 1.807) is 41.6 Å². The summed E-state index contributed by atoms with van der Waals surface area (Å²) in [6, 6.07) is 5.24. The molecule has 1 atom stereocenters. The minimum Gasteiger partial charge on any atom is -0.336 e. The molecule has 1 N–H and O–H groups in total. The number of pyridine rings is 1. The Hall–Kier alpha value is -2.42. The topological polar surface area (TPSA) is 80.9 Å². The van der Waals surface area contributed by atoms with Gasteiger partial charge in [-0.05, 0) is 18.2 Å². The van der Waals surface area contributed by atoms with Crippen LogP contribution in [0.15, 0.2) is 49.2 Å². The van der Waals surface area contributed by atoms with E-state index in [1.165, 1.54) is 0 Å². The fraction of sp³-hybridized carbons (Fsp3) is 0.294. The first-order valence-corrected chi connectivity index (χ1v) is 8.19. The predicted molar refractivity (Wildman–Crippen MR) is 106 cm³/mol. The first-order valence-electron chi connectivity index (χ1n) is 8.19. The van der Waals surface area contributed by atoms with Crippen LogP contribution in [0, 0.1) is 0 Å². The monoisotopic (exact) mass is 409 g/mol. The Morgan fingerprint density at radius 2 is 2.04 bits per heavy atom. The number of nitrogens with one attached hydrogen (secondary N) is 1. The van der Waals surface area contributed by atoms with Crippen molar-refractivity contribution in [3.8, 4) is 5.82 Å². The number of aryl methyl sites for hydroxylation is 1. The lowest BCUT2D eigenvalue weighted by molar-refractivity contribution is 0.0620. The van der Waals surface area contributed by atoms with Gasteiger partial charge in [0.05, 0.1) is 0 Å². The molecule has 3 aromatic rings. The zero-order valence-corrected chi connectivity index (χ0v) is 16.4. The van der Waals surface area contributed by atoms with Gasteiger partial charge >= 0.3 is 0 Å². The van der Waals surface area contributed by atoms with Gasteiger partial charge in [-0.15, -0.1) is 24.8 Å². The molecule has 0 spiro atoms. The van der Waals surface area contributed by atoms with Crippen molar-refractivity contribution in [2.45, 2.75) is 6.04 Å². The van der Waals surface area contributed by atoms with Crippen molar-refractivity contribution >= 4 is 30.7 Å². The third-order valence-electron chi connectivity index (χ3n) is 4.39. The molecule has 0 bridgehead atoms. The van der Waals surface area contributed by atoms with Gasteiger partial charge in [0, 0.05) is 63.2 Å². The van der Waals surface area contributed by atoms with E-state index in [9.17, 15) is 4.79 Å². The first kappa shape index (κ1) is 20.9. The normalized spacial score (nSPS) is 16.3. The number of amides is 1. The van der Waals surface area contributed by atoms with Gasteiger partial charge in [-0.2, -0.15) is 5.10 Å². The number of imidazole rings is 1. The van der Waals surface area contributed by atoms with Crippen LogP contribution >= 0.6 is 24.8 Å². The largest absolute Gasteiger partial charge is 0.336 e. The van der Waals surface area contributed by atoms with Crippen LogP contribution in [0.4, 0.5) is 0 Å². The summed E-state index contributed by atoms with van der Waals surface area (Å²) in [6.45, 7) is 2.09. The molecule has 0 radical (unpaired) electrons. The summed E-state index contributed by atoms with van der Waals surface area (Å²) in [4.78, 5) is 23.7. The molecule has 10 heteroatoms. The fourth-order valence-corrected chi connectivity index (χ4v) is 3.12. The zero-order valence-electron chi connectivity index (χ0n) is 14.7. The SMILES string of the molecule is Cl.Cl.Cn1ccnc1C1CNCCN1C(=O)c1ccnc(-n2cccn2)c1. The summed E-state index contributed by atoms with van der Waals surface area (Å²) >= 11 is 0. The van der Waals surface area contributed by atoms with Gasteiger partial charge in [0.1, 0.15) is 11.9 Å². The second kappa shape index (κ2) is 8.98. The molecule has 1 aliphatic heterocycles. The highest BCUT2D eigenvalue weighted by Gasteiger charge is 2.31. The molecular formula is C17H21Cl2N7O. The van der Waals surface area contributed by atoms with Crippen LogP contribution in [0.1, 0.15) is 22.2 Å². The smallest absolute Gasteiger partial charge is 0.254 e. The molecule has 0 aliphatic carbocycles. The van der Waals surface area contributed by atoms with E-state index in [0.29, 0.717) is 24.5 Å². The van der Waals surface area contributed by atoms with Gasteiger partial charge in [0.2, 0.25) is 0 Å². The van der Waals surface area contributed by atoms with Crippen LogP contribution in [-0.4, -0.2) is 54.8 Å². The van der Waals surface area contributed by atoms with Crippen LogP contribution in [0.3, 0.4) is 0 Å². The predicted octanol–water partition coefficient (Wildman–Crippen LogP) is 1.63. The first-order chi connectivity index (χ1) is 12.2. The lowest BCUT2D eigenvalue weighted by atomic mass is 10.1. The standard InChI is InChI=1S/C17H19N7O.2ClH/c1-22-9-7-20-16(22)14-12-18-6-10-23(14)17(25)13-3-5-19-15(11-13)24-8-2-4-21-24;;/h2-5,7-9,11,14,18H,6,10,12H2,1H3;2*1H. The minimum absolute atomic E-state index is 0. The van der Waals surface area contributed by atoms with Crippen molar-refractivity contribution < 1.29 is 4.79 Å². The summed E-state index contributed by atoms with van der Waals surface area (Å²) in [5.41, 5.74) is 0.599. The molecule has 144 valence electrons. The minimum atomic E-state index is -0.0948. The van der Waals surface area contributed by atoms with Gasteiger partial charge in [0.15, 0.2) is 5.82 Å². The van der Waals surface area contributed by atoms with E-state index in [-0.39, 0.29) is 36.8 Å². The van der Waals surface area contributed by atoms with Crippen molar-refractivity contribution in [2.75, 3.05) is 19.6 Å². The van der Waals surface area contributed by atoms with E-state index in [0.717, 1.165) is 12.4 Å². The van der Waals surface area contributed by atoms with Crippen molar-refractivity contribution in [2.24, 2.45) is 7.05 Å². The molecule has 3 aromatic heterocycles. The van der Waals surface area contributed by atoms with Crippen molar-refractivity contribution in [3.05, 3.63) is 60.6 Å². The van der Waals surface area contributed by atoms with Crippen molar-refractivity contribution in [1.29, 1.82) is 0 Å². The van der Waals surface area contributed by atoms with Crippen LogP contribution in [-0.2, 0) is 7.05 Å². The molecule has 0 aromatic carbocycles. The quantitative estimate of drug-likeness (QED) is 0.710. The molecule has 4 rings (SSSR count). The molecule has 1 amide bonds. The van der Waals surface area contributed by atoms with E-state index >= 15 is 0 Å². The van der Waals surface area contributed by atoms with E-state index in [4.69, 9.17) is 0 Å². The maximum atomic E-state index is 13.1. The lowest BCUT2D eigenvalue weighted by Gasteiger charge is -2.35. The molecular weight excluding hydrogens is 389 g/mol. The summed E-state index contributed by atoms with van der Waals surface area (Å²) in [6.07, 6.45) is 8.79. The number of rotatable bonds is 3. The molecule has 1 unspecified atom stereocenters. The Morgan fingerprint density at radius 1 is 1.19 bits per heavy atom. The number of hydrogen-bond acceptors (Lipinski definition) is 5. The van der Waals surface area contributed by atoms with Gasteiger partial charge in [-0.3, -0.25) is 4.79 Å². The van der Waals surface area contributed by atoms with Crippen LogP contribution in [0.2, 0.25) is 0 Å². The number of carbonyl (C=O) groups is 1. The maximum absolute atomic E-state index is 13.1. The Morgan fingerprint density at radius 3 is 2.74 bits per heavy atom. The fourth-order valence-electron chi connectivity index (χ4n) is 3.12. The maximum Gasteiger partial charge on any atom is 0.254 e. The van der Waals surface area contributed by atoms with Crippen LogP contribution in [0.5, 0.6) is 0 Å². The van der Waals surface area contributed by atoms with E-state index in [1.807, 2.05) is 28.8 Å². The lowest BCUT2D eigenvalue weighted by Crippen LogP contribution is -2.49. The van der Waals surface area contributed by atoms with Crippen molar-refractivity contribution in [1.82, 2.24) is 34.5 Å². The zero-order chi connectivity index (χ0) is 17.2. The molecule has 1 fully saturated rings. The molecule has 8 nitrogen and oxygen atoms in total. The van der Waals surface area contributed by atoms with Crippen LogP contribution in [0.25, 0.3) is 5.82 Å². The third kappa shape index (κ3) is 4.13. The van der Waals surface area contributed by atoms with Crippen molar-refractivity contribution in [3.63, 3.8) is 0 Å². The third-order valence-corrected chi connectivity index (χ3v) is 4.39. The average molecular weight is 410 g/mol. The molecule has 0 saturated carbocycles. The molecule has 1 aliphatic rings. The van der Waals surface area contributed by atoms with Gasteiger partial charge in [-0.25, -0.2) is 14.6 Å². The van der Waals surface area contributed by atoms with Gasteiger partial charge in [-0.1, -0.05) is 0 Å². The molecule has 4 heterocycles. The van der Waals surface area contributed by atoms with E-state index in [2.05, 4.69) is 20.4 Å².